The van der Waals surface area contributed by atoms with E-state index in [9.17, 15) is 0 Å². The van der Waals surface area contributed by atoms with Crippen molar-refractivity contribution in [2.45, 2.75) is 33.2 Å². The number of hydrogen-bond donors (Lipinski definition) is 1. The summed E-state index contributed by atoms with van der Waals surface area (Å²) in [5, 5.41) is 1.07. The fraction of sp³-hybridized carbons (Fsp3) is 0.357. The molecular weight excluding hydrogens is 288 g/mol. The van der Waals surface area contributed by atoms with E-state index in [2.05, 4.69) is 40.3 Å². The van der Waals surface area contributed by atoms with Crippen LogP contribution < -0.4 is 0 Å². The molecular formula is C14H16N4S2. The smallest absolute Gasteiger partial charge is 0.179 e. The Morgan fingerprint density at radius 2 is 2.25 bits per heavy atom. The average molecular weight is 304 g/mol. The average Bonchev–Trinajstić information content (AvgIpc) is 3.03. The molecule has 3 aromatic heterocycles. The Hall–Kier alpha value is -1.53. The monoisotopic (exact) mass is 304 g/mol. The minimum atomic E-state index is 0.0934. The van der Waals surface area contributed by atoms with Crippen LogP contribution in [0.4, 0.5) is 0 Å². The first kappa shape index (κ1) is 13.5. The molecule has 3 aromatic rings. The van der Waals surface area contributed by atoms with Gasteiger partial charge in [0.05, 0.1) is 11.6 Å². The molecule has 0 aliphatic carbocycles. The van der Waals surface area contributed by atoms with Crippen LogP contribution in [-0.4, -0.2) is 19.5 Å². The lowest BCUT2D eigenvalue weighted by atomic mass is 10.2. The fourth-order valence-corrected chi connectivity index (χ4v) is 3.54. The number of aromatic nitrogens is 4. The van der Waals surface area contributed by atoms with Crippen LogP contribution in [0.15, 0.2) is 18.5 Å². The number of nitrogens with zero attached hydrogens (tertiary/aromatic N) is 3. The van der Waals surface area contributed by atoms with Crippen molar-refractivity contribution in [2.75, 3.05) is 0 Å². The minimum Gasteiger partial charge on any atom is -0.329 e. The fourth-order valence-electron chi connectivity index (χ4n) is 2.29. The lowest BCUT2D eigenvalue weighted by molar-refractivity contribution is 0.639. The SMILES string of the molecule is CCc1cnc(C(C)n2c(=S)[nH]c3c(C)ccnc32)s1. The molecule has 6 heteroatoms. The maximum Gasteiger partial charge on any atom is 0.179 e. The molecule has 0 amide bonds. The second-order valence-corrected chi connectivity index (χ2v) is 6.35. The van der Waals surface area contributed by atoms with Gasteiger partial charge in [0.2, 0.25) is 0 Å². The molecule has 20 heavy (non-hydrogen) atoms. The number of nitrogens with one attached hydrogen (secondary N) is 1. The number of rotatable bonds is 3. The van der Waals surface area contributed by atoms with E-state index in [-0.39, 0.29) is 6.04 Å². The molecule has 0 spiro atoms. The number of imidazole rings is 1. The quantitative estimate of drug-likeness (QED) is 0.743. The third-order valence-corrected chi connectivity index (χ3v) is 5.09. The normalized spacial score (nSPS) is 12.9. The van der Waals surface area contributed by atoms with Gasteiger partial charge in [-0.1, -0.05) is 6.92 Å². The predicted molar refractivity (Wildman–Crippen MR) is 85.0 cm³/mol. The van der Waals surface area contributed by atoms with Gasteiger partial charge in [0.25, 0.3) is 0 Å². The lowest BCUT2D eigenvalue weighted by Gasteiger charge is -2.11. The van der Waals surface area contributed by atoms with Gasteiger partial charge in [-0.15, -0.1) is 11.3 Å². The van der Waals surface area contributed by atoms with Gasteiger partial charge in [0.1, 0.15) is 5.01 Å². The van der Waals surface area contributed by atoms with Gasteiger partial charge in [-0.2, -0.15) is 0 Å². The first-order valence-corrected chi connectivity index (χ1v) is 7.84. The Labute approximate surface area is 126 Å². The van der Waals surface area contributed by atoms with Crippen molar-refractivity contribution in [2.24, 2.45) is 0 Å². The van der Waals surface area contributed by atoms with Crippen molar-refractivity contribution in [1.29, 1.82) is 0 Å². The Morgan fingerprint density at radius 1 is 1.45 bits per heavy atom. The molecule has 104 valence electrons. The Kier molecular flexibility index (Phi) is 3.43. The van der Waals surface area contributed by atoms with Crippen LogP contribution >= 0.6 is 23.6 Å². The highest BCUT2D eigenvalue weighted by atomic mass is 32.1. The van der Waals surface area contributed by atoms with Crippen LogP contribution in [0.3, 0.4) is 0 Å². The molecule has 0 radical (unpaired) electrons. The summed E-state index contributed by atoms with van der Waals surface area (Å²) in [6, 6.07) is 2.08. The van der Waals surface area contributed by atoms with Gasteiger partial charge in [0.15, 0.2) is 10.4 Å². The van der Waals surface area contributed by atoms with Crippen molar-refractivity contribution < 1.29 is 0 Å². The van der Waals surface area contributed by atoms with Crippen LogP contribution in [0, 0.1) is 11.7 Å². The number of H-pyrrole nitrogens is 1. The Balaban J connectivity index is 2.16. The van der Waals surface area contributed by atoms with Gasteiger partial charge in [-0.05, 0) is 44.1 Å². The first-order valence-electron chi connectivity index (χ1n) is 6.62. The highest BCUT2D eigenvalue weighted by molar-refractivity contribution is 7.71. The molecule has 0 fully saturated rings. The number of thiazole rings is 1. The minimum absolute atomic E-state index is 0.0934. The van der Waals surface area contributed by atoms with E-state index in [0.29, 0.717) is 4.77 Å². The van der Waals surface area contributed by atoms with Crippen LogP contribution in [0.5, 0.6) is 0 Å². The van der Waals surface area contributed by atoms with Crippen LogP contribution in [0.2, 0.25) is 0 Å². The van der Waals surface area contributed by atoms with E-state index in [0.717, 1.165) is 28.2 Å². The number of aromatic amines is 1. The number of aryl methyl sites for hydroxylation is 2. The Bertz CT molecular complexity index is 812. The van der Waals surface area contributed by atoms with Gasteiger partial charge in [0, 0.05) is 17.3 Å². The van der Waals surface area contributed by atoms with Crippen LogP contribution in [-0.2, 0) is 6.42 Å². The van der Waals surface area contributed by atoms with Crippen molar-refractivity contribution >= 4 is 34.7 Å². The van der Waals surface area contributed by atoms with Crippen molar-refractivity contribution in [3.8, 4) is 0 Å². The van der Waals surface area contributed by atoms with E-state index in [4.69, 9.17) is 12.2 Å². The molecule has 1 N–H and O–H groups in total. The molecule has 3 rings (SSSR count). The zero-order chi connectivity index (χ0) is 14.3. The summed E-state index contributed by atoms with van der Waals surface area (Å²) in [5.41, 5.74) is 3.06. The zero-order valence-electron chi connectivity index (χ0n) is 11.7. The van der Waals surface area contributed by atoms with E-state index in [1.807, 2.05) is 18.5 Å². The van der Waals surface area contributed by atoms with Gasteiger partial charge in [-0.25, -0.2) is 9.97 Å². The molecule has 3 heterocycles. The number of hydrogen-bond acceptors (Lipinski definition) is 4. The molecule has 0 aliphatic heterocycles. The Morgan fingerprint density at radius 3 is 2.95 bits per heavy atom. The zero-order valence-corrected chi connectivity index (χ0v) is 13.3. The van der Waals surface area contributed by atoms with E-state index >= 15 is 0 Å². The standard InChI is InChI=1S/C14H16N4S2/c1-4-10-7-16-13(20-10)9(3)18-12-11(17-14(18)19)8(2)5-6-15-12/h5-7,9H,4H2,1-3H3,(H,17,19). The third-order valence-electron chi connectivity index (χ3n) is 3.48. The summed E-state index contributed by atoms with van der Waals surface area (Å²) < 4.78 is 2.75. The molecule has 1 atom stereocenters. The van der Waals surface area contributed by atoms with E-state index in [1.54, 1.807) is 11.3 Å². The molecule has 0 aliphatic rings. The second-order valence-electron chi connectivity index (χ2n) is 4.82. The first-order chi connectivity index (χ1) is 9.61. The van der Waals surface area contributed by atoms with Crippen LogP contribution in [0.1, 0.15) is 35.3 Å². The molecule has 0 bridgehead atoms. The molecule has 0 saturated carbocycles. The highest BCUT2D eigenvalue weighted by Gasteiger charge is 2.17. The molecule has 0 saturated heterocycles. The summed E-state index contributed by atoms with van der Waals surface area (Å²) >= 11 is 7.21. The van der Waals surface area contributed by atoms with Crippen molar-refractivity contribution in [3.63, 3.8) is 0 Å². The predicted octanol–water partition coefficient (Wildman–Crippen LogP) is 4.03. The van der Waals surface area contributed by atoms with Crippen molar-refractivity contribution in [1.82, 2.24) is 19.5 Å². The summed E-state index contributed by atoms with van der Waals surface area (Å²) in [7, 11) is 0. The third kappa shape index (κ3) is 2.09. The molecule has 1 unspecified atom stereocenters. The topological polar surface area (TPSA) is 46.5 Å². The second kappa shape index (κ2) is 5.10. The van der Waals surface area contributed by atoms with E-state index < -0.39 is 0 Å². The van der Waals surface area contributed by atoms with E-state index in [1.165, 1.54) is 4.88 Å². The van der Waals surface area contributed by atoms with Gasteiger partial charge < -0.3 is 4.98 Å². The maximum absolute atomic E-state index is 5.47. The largest absolute Gasteiger partial charge is 0.329 e. The maximum atomic E-state index is 5.47. The number of pyridine rings is 1. The van der Waals surface area contributed by atoms with Crippen LogP contribution in [0.25, 0.3) is 11.2 Å². The summed E-state index contributed by atoms with van der Waals surface area (Å²) in [6.45, 7) is 6.32. The molecule has 4 nitrogen and oxygen atoms in total. The van der Waals surface area contributed by atoms with Gasteiger partial charge in [-0.3, -0.25) is 4.57 Å². The summed E-state index contributed by atoms with van der Waals surface area (Å²) in [4.78, 5) is 13.6. The van der Waals surface area contributed by atoms with Crippen molar-refractivity contribution in [3.05, 3.63) is 38.7 Å². The lowest BCUT2D eigenvalue weighted by Crippen LogP contribution is -2.07. The number of fused-ring (bicyclic) bond motifs is 1. The summed E-state index contributed by atoms with van der Waals surface area (Å²) in [6.07, 6.45) is 4.79. The molecule has 0 aromatic carbocycles. The van der Waals surface area contributed by atoms with Gasteiger partial charge >= 0.3 is 0 Å². The highest BCUT2D eigenvalue weighted by Crippen LogP contribution is 2.27. The summed E-state index contributed by atoms with van der Waals surface area (Å²) in [5.74, 6) is 0.